The van der Waals surface area contributed by atoms with Crippen LogP contribution in [0, 0.1) is 0 Å². The average molecular weight is 312 g/mol. The molecular weight excluding hydrogens is 307 g/mol. The van der Waals surface area contributed by atoms with Crippen molar-refractivity contribution >= 4 is 43.1 Å². The van der Waals surface area contributed by atoms with Gasteiger partial charge >= 0.3 is 73.5 Å². The fraction of sp³-hybridized carbons (Fsp3) is 0. The Morgan fingerprint density at radius 3 is 1.89 bits per heavy atom. The molecule has 0 unspecified atom stereocenters. The van der Waals surface area contributed by atoms with Crippen LogP contribution in [0.15, 0.2) is 30.3 Å². The van der Waals surface area contributed by atoms with Crippen LogP contribution in [0.3, 0.4) is 0 Å². The summed E-state index contributed by atoms with van der Waals surface area (Å²) >= 11 is 7.09. The van der Waals surface area contributed by atoms with Gasteiger partial charge in [-0.1, -0.05) is 0 Å². The van der Waals surface area contributed by atoms with Gasteiger partial charge in [0.15, 0.2) is 0 Å². The van der Waals surface area contributed by atoms with Crippen LogP contribution in [0.25, 0.3) is 0 Å². The fourth-order valence-electron chi connectivity index (χ4n) is 0.541. The van der Waals surface area contributed by atoms with E-state index in [4.69, 9.17) is 0 Å². The summed E-state index contributed by atoms with van der Waals surface area (Å²) in [5.74, 6) is 0. The molecule has 0 fully saturated rings. The second kappa shape index (κ2) is 3.80. The van der Waals surface area contributed by atoms with E-state index in [0.717, 1.165) is 0 Å². The first-order valence-corrected chi connectivity index (χ1v) is 12.2. The summed E-state index contributed by atoms with van der Waals surface area (Å²) in [5.41, 5.74) is 0. The van der Waals surface area contributed by atoms with Gasteiger partial charge in [-0.25, -0.2) is 0 Å². The third-order valence-corrected chi connectivity index (χ3v) is 6.65. The Hall–Kier alpha value is 0.738. The van der Waals surface area contributed by atoms with Crippen LogP contribution in [0.1, 0.15) is 0 Å². The van der Waals surface area contributed by atoms with E-state index in [0.29, 0.717) is 0 Å². The number of benzene rings is 1. The Bertz CT molecular complexity index is 174. The van der Waals surface area contributed by atoms with Gasteiger partial charge in [0.25, 0.3) is 0 Å². The summed E-state index contributed by atoms with van der Waals surface area (Å²) in [6.07, 6.45) is 0. The molecule has 9 heavy (non-hydrogen) atoms. The zero-order valence-corrected chi connectivity index (χ0v) is 9.64. The summed E-state index contributed by atoms with van der Waals surface area (Å²) in [4.78, 5) is 0. The zero-order chi connectivity index (χ0) is 6.69. The van der Waals surface area contributed by atoms with E-state index in [1.165, 1.54) is 4.35 Å². The normalized spacial score (nSPS) is 10.1. The fourth-order valence-corrected chi connectivity index (χ4v) is 3.83. The van der Waals surface area contributed by atoms with Crippen molar-refractivity contribution in [2.75, 3.05) is 0 Å². The van der Waals surface area contributed by atoms with E-state index in [2.05, 4.69) is 52.1 Å². The standard InChI is InChI=1S/C6H5AsBr2/c8-7(9)6-4-2-1-3-5-6/h1-5H. The molecule has 1 rings (SSSR count). The van der Waals surface area contributed by atoms with Crippen molar-refractivity contribution in [3.63, 3.8) is 0 Å². The van der Waals surface area contributed by atoms with Gasteiger partial charge in [0.05, 0.1) is 0 Å². The van der Waals surface area contributed by atoms with Crippen LogP contribution in [-0.2, 0) is 0 Å². The topological polar surface area (TPSA) is 0 Å². The summed E-state index contributed by atoms with van der Waals surface area (Å²) in [5, 5.41) is 0. The van der Waals surface area contributed by atoms with E-state index < -0.39 is 10.9 Å². The SMILES string of the molecule is Br[As](Br)c1ccccc1. The minimum absolute atomic E-state index is 0.963. The van der Waals surface area contributed by atoms with Crippen molar-refractivity contribution in [1.29, 1.82) is 0 Å². The van der Waals surface area contributed by atoms with Crippen LogP contribution < -0.4 is 4.35 Å². The molecule has 3 heteroatoms. The first-order valence-electron chi connectivity index (χ1n) is 2.47. The van der Waals surface area contributed by atoms with Crippen molar-refractivity contribution in [3.8, 4) is 0 Å². The summed E-state index contributed by atoms with van der Waals surface area (Å²) < 4.78 is 1.39. The maximum absolute atomic E-state index is 3.54. The van der Waals surface area contributed by atoms with Crippen molar-refractivity contribution in [1.82, 2.24) is 0 Å². The van der Waals surface area contributed by atoms with E-state index in [1.807, 2.05) is 6.07 Å². The molecular formula is C6H5AsBr2. The molecule has 0 aliphatic heterocycles. The van der Waals surface area contributed by atoms with Crippen LogP contribution in [0.5, 0.6) is 0 Å². The molecule has 0 saturated heterocycles. The molecule has 0 atom stereocenters. The third-order valence-electron chi connectivity index (χ3n) is 0.951. The molecule has 0 aromatic heterocycles. The molecule has 1 aromatic rings. The number of rotatable bonds is 1. The predicted octanol–water partition coefficient (Wildman–Crippen LogP) is 2.17. The number of hydrogen-bond acceptors (Lipinski definition) is 0. The Balaban J connectivity index is 2.85. The van der Waals surface area contributed by atoms with Crippen molar-refractivity contribution in [2.45, 2.75) is 0 Å². The van der Waals surface area contributed by atoms with Gasteiger partial charge in [-0.05, 0) is 0 Å². The third kappa shape index (κ3) is 2.45. The molecule has 48 valence electrons. The second-order valence-electron chi connectivity index (χ2n) is 1.57. The summed E-state index contributed by atoms with van der Waals surface area (Å²) in [7, 11) is -0.963. The van der Waals surface area contributed by atoms with Gasteiger partial charge in [0, 0.05) is 0 Å². The second-order valence-corrected chi connectivity index (χ2v) is 15.9. The molecule has 0 aliphatic rings. The van der Waals surface area contributed by atoms with Gasteiger partial charge in [-0.15, -0.1) is 0 Å². The quantitative estimate of drug-likeness (QED) is 0.697. The molecule has 0 aliphatic carbocycles. The van der Waals surface area contributed by atoms with Gasteiger partial charge in [-0.3, -0.25) is 0 Å². The summed E-state index contributed by atoms with van der Waals surface area (Å²) in [6, 6.07) is 10.4. The van der Waals surface area contributed by atoms with Gasteiger partial charge in [0.2, 0.25) is 0 Å². The van der Waals surface area contributed by atoms with Crippen LogP contribution in [0.4, 0.5) is 0 Å². The Kier molecular flexibility index (Phi) is 3.31. The molecule has 0 N–H and O–H groups in total. The van der Waals surface area contributed by atoms with E-state index in [1.54, 1.807) is 0 Å². The molecule has 0 nitrogen and oxygen atoms in total. The first kappa shape index (κ1) is 7.84. The molecule has 0 amide bonds. The van der Waals surface area contributed by atoms with E-state index >= 15 is 0 Å². The van der Waals surface area contributed by atoms with E-state index in [9.17, 15) is 0 Å². The monoisotopic (exact) mass is 310 g/mol. The molecule has 0 heterocycles. The van der Waals surface area contributed by atoms with Gasteiger partial charge in [0.1, 0.15) is 0 Å². The van der Waals surface area contributed by atoms with Crippen LogP contribution in [-0.4, -0.2) is 10.9 Å². The van der Waals surface area contributed by atoms with Crippen molar-refractivity contribution < 1.29 is 0 Å². The van der Waals surface area contributed by atoms with Crippen molar-refractivity contribution in [3.05, 3.63) is 30.3 Å². The first-order chi connectivity index (χ1) is 4.30. The van der Waals surface area contributed by atoms with E-state index in [-0.39, 0.29) is 0 Å². The summed E-state index contributed by atoms with van der Waals surface area (Å²) in [6.45, 7) is 0. The molecule has 0 radical (unpaired) electrons. The van der Waals surface area contributed by atoms with Crippen molar-refractivity contribution in [2.24, 2.45) is 0 Å². The van der Waals surface area contributed by atoms with Crippen LogP contribution in [0.2, 0.25) is 0 Å². The maximum atomic E-state index is 3.54. The minimum atomic E-state index is -0.963. The van der Waals surface area contributed by atoms with Crippen LogP contribution >= 0.6 is 27.9 Å². The zero-order valence-electron chi connectivity index (χ0n) is 4.59. The predicted molar refractivity (Wildman–Crippen MR) is 49.7 cm³/mol. The average Bonchev–Trinajstić information content (AvgIpc) is 1.90. The Morgan fingerprint density at radius 1 is 1.00 bits per heavy atom. The molecule has 0 bridgehead atoms. The Morgan fingerprint density at radius 2 is 1.56 bits per heavy atom. The molecule has 0 saturated carbocycles. The number of hydrogen-bond donors (Lipinski definition) is 0. The number of halogens is 2. The molecule has 0 spiro atoms. The Labute approximate surface area is 73.0 Å². The van der Waals surface area contributed by atoms with Gasteiger partial charge < -0.3 is 0 Å². The molecule has 1 aromatic carbocycles. The van der Waals surface area contributed by atoms with Gasteiger partial charge in [-0.2, -0.15) is 0 Å².